The van der Waals surface area contributed by atoms with E-state index in [1.807, 2.05) is 13.1 Å². The van der Waals surface area contributed by atoms with E-state index in [2.05, 4.69) is 45.1 Å². The van der Waals surface area contributed by atoms with E-state index < -0.39 is 6.10 Å². The lowest BCUT2D eigenvalue weighted by atomic mass is 9.82. The van der Waals surface area contributed by atoms with Gasteiger partial charge in [0.1, 0.15) is 0 Å². The number of hydrogen-bond donors (Lipinski definition) is 3. The zero-order chi connectivity index (χ0) is 14.6. The molecule has 3 nitrogen and oxygen atoms in total. The fraction of sp³-hybridized carbons (Fsp3) is 0.625. The van der Waals surface area contributed by atoms with Crippen LogP contribution in [-0.4, -0.2) is 24.7 Å². The molecule has 1 aromatic rings. The topological polar surface area (TPSA) is 58.3 Å². The zero-order valence-electron chi connectivity index (χ0n) is 12.8. The normalized spacial score (nSPS) is 15.3. The Morgan fingerprint density at radius 3 is 2.42 bits per heavy atom. The second-order valence-electron chi connectivity index (χ2n) is 6.24. The second kappa shape index (κ2) is 6.51. The highest BCUT2D eigenvalue weighted by molar-refractivity contribution is 5.37. The van der Waals surface area contributed by atoms with Crippen LogP contribution in [0, 0.1) is 6.92 Å². The van der Waals surface area contributed by atoms with Crippen molar-refractivity contribution in [1.29, 1.82) is 0 Å². The zero-order valence-corrected chi connectivity index (χ0v) is 12.8. The largest absolute Gasteiger partial charge is 0.387 e. The van der Waals surface area contributed by atoms with Crippen LogP contribution in [0.2, 0.25) is 0 Å². The highest BCUT2D eigenvalue weighted by atomic mass is 16.3. The van der Waals surface area contributed by atoms with Crippen LogP contribution in [0.15, 0.2) is 18.2 Å². The first-order chi connectivity index (χ1) is 8.81. The average Bonchev–Trinajstić information content (AvgIpc) is 2.34. The molecule has 4 N–H and O–H groups in total. The Hall–Kier alpha value is -0.900. The van der Waals surface area contributed by atoms with Crippen molar-refractivity contribution in [2.24, 2.45) is 5.73 Å². The molecule has 2 atom stereocenters. The van der Waals surface area contributed by atoms with Gasteiger partial charge in [0.2, 0.25) is 0 Å². The van der Waals surface area contributed by atoms with Gasteiger partial charge in [-0.2, -0.15) is 0 Å². The van der Waals surface area contributed by atoms with Crippen LogP contribution < -0.4 is 11.1 Å². The van der Waals surface area contributed by atoms with Crippen molar-refractivity contribution >= 4 is 0 Å². The number of benzene rings is 1. The number of aliphatic hydroxyl groups excluding tert-OH is 1. The number of aryl methyl sites for hydroxylation is 1. The number of likely N-dealkylation sites (N-methyl/N-ethyl adjacent to an activating group) is 1. The van der Waals surface area contributed by atoms with Gasteiger partial charge in [0.15, 0.2) is 0 Å². The SMILES string of the molecule is CNC(CCN)C(O)c1ccc(C)c(C(C)(C)C)c1. The lowest BCUT2D eigenvalue weighted by molar-refractivity contribution is 0.129. The summed E-state index contributed by atoms with van der Waals surface area (Å²) in [6, 6.07) is 6.23. The number of rotatable bonds is 5. The van der Waals surface area contributed by atoms with Crippen LogP contribution >= 0.6 is 0 Å². The van der Waals surface area contributed by atoms with Crippen molar-refractivity contribution in [3.63, 3.8) is 0 Å². The summed E-state index contributed by atoms with van der Waals surface area (Å²) in [5, 5.41) is 13.6. The molecule has 1 rings (SSSR count). The van der Waals surface area contributed by atoms with Crippen molar-refractivity contribution in [2.45, 2.75) is 51.7 Å². The minimum Gasteiger partial charge on any atom is -0.387 e. The predicted octanol–water partition coefficient (Wildman–Crippen LogP) is 2.26. The van der Waals surface area contributed by atoms with Gasteiger partial charge in [-0.1, -0.05) is 39.0 Å². The van der Waals surface area contributed by atoms with E-state index in [-0.39, 0.29) is 11.5 Å². The molecule has 0 aliphatic rings. The van der Waals surface area contributed by atoms with Crippen molar-refractivity contribution < 1.29 is 5.11 Å². The molecule has 0 aromatic heterocycles. The lowest BCUT2D eigenvalue weighted by Gasteiger charge is -2.26. The molecule has 3 heteroatoms. The summed E-state index contributed by atoms with van der Waals surface area (Å²) in [5.74, 6) is 0. The van der Waals surface area contributed by atoms with E-state index in [9.17, 15) is 5.11 Å². The summed E-state index contributed by atoms with van der Waals surface area (Å²) >= 11 is 0. The molecular weight excluding hydrogens is 236 g/mol. The molecule has 0 fully saturated rings. The molecule has 1 aromatic carbocycles. The van der Waals surface area contributed by atoms with E-state index in [0.717, 1.165) is 12.0 Å². The number of nitrogens with two attached hydrogens (primary N) is 1. The van der Waals surface area contributed by atoms with Gasteiger partial charge in [0.05, 0.1) is 6.10 Å². The standard InChI is InChI=1S/C16H28N2O/c1-11-6-7-12(10-13(11)16(2,3)4)15(19)14(18-5)8-9-17/h6-7,10,14-15,18-19H,8-9,17H2,1-5H3. The molecule has 2 unspecified atom stereocenters. The molecule has 19 heavy (non-hydrogen) atoms. The summed E-state index contributed by atoms with van der Waals surface area (Å²) in [6.07, 6.45) is 0.242. The summed E-state index contributed by atoms with van der Waals surface area (Å²) in [6.45, 7) is 9.27. The first-order valence-corrected chi connectivity index (χ1v) is 6.97. The van der Waals surface area contributed by atoms with Gasteiger partial charge in [-0.05, 0) is 49.0 Å². The van der Waals surface area contributed by atoms with Crippen molar-refractivity contribution in [1.82, 2.24) is 5.32 Å². The highest BCUT2D eigenvalue weighted by Gasteiger charge is 2.22. The molecule has 0 aliphatic heterocycles. The minimum atomic E-state index is -0.518. The van der Waals surface area contributed by atoms with Gasteiger partial charge in [0, 0.05) is 6.04 Å². The third-order valence-corrected chi connectivity index (χ3v) is 3.64. The van der Waals surface area contributed by atoms with E-state index in [0.29, 0.717) is 6.54 Å². The predicted molar refractivity (Wildman–Crippen MR) is 81.4 cm³/mol. The van der Waals surface area contributed by atoms with Crippen LogP contribution in [-0.2, 0) is 5.41 Å². The summed E-state index contributed by atoms with van der Waals surface area (Å²) in [5.41, 5.74) is 9.19. The maximum absolute atomic E-state index is 10.5. The molecular formula is C16H28N2O. The van der Waals surface area contributed by atoms with Crippen molar-refractivity contribution in [3.05, 3.63) is 34.9 Å². The fourth-order valence-corrected chi connectivity index (χ4v) is 2.50. The van der Waals surface area contributed by atoms with Crippen molar-refractivity contribution in [2.75, 3.05) is 13.6 Å². The van der Waals surface area contributed by atoms with Gasteiger partial charge in [-0.3, -0.25) is 0 Å². The fourth-order valence-electron chi connectivity index (χ4n) is 2.50. The Balaban J connectivity index is 3.08. The summed E-state index contributed by atoms with van der Waals surface area (Å²) in [7, 11) is 1.86. The van der Waals surface area contributed by atoms with E-state index in [1.54, 1.807) is 0 Å². The Morgan fingerprint density at radius 1 is 1.32 bits per heavy atom. The van der Waals surface area contributed by atoms with Gasteiger partial charge in [-0.25, -0.2) is 0 Å². The Labute approximate surface area is 117 Å². The molecule has 0 spiro atoms. The van der Waals surface area contributed by atoms with Crippen LogP contribution in [0.1, 0.15) is 50.0 Å². The summed E-state index contributed by atoms with van der Waals surface area (Å²) in [4.78, 5) is 0. The van der Waals surface area contributed by atoms with E-state index in [1.165, 1.54) is 11.1 Å². The second-order valence-corrected chi connectivity index (χ2v) is 6.24. The molecule has 0 heterocycles. The number of nitrogens with one attached hydrogen (secondary N) is 1. The Kier molecular flexibility index (Phi) is 5.53. The number of hydrogen-bond acceptors (Lipinski definition) is 3. The van der Waals surface area contributed by atoms with Crippen LogP contribution in [0.4, 0.5) is 0 Å². The monoisotopic (exact) mass is 264 g/mol. The minimum absolute atomic E-state index is 0.000486. The lowest BCUT2D eigenvalue weighted by Crippen LogP contribution is -2.34. The average molecular weight is 264 g/mol. The summed E-state index contributed by atoms with van der Waals surface area (Å²) < 4.78 is 0. The Morgan fingerprint density at radius 2 is 1.95 bits per heavy atom. The number of aliphatic hydroxyl groups is 1. The molecule has 0 saturated heterocycles. The third-order valence-electron chi connectivity index (χ3n) is 3.64. The molecule has 0 radical (unpaired) electrons. The molecule has 0 amide bonds. The molecule has 0 bridgehead atoms. The van der Waals surface area contributed by atoms with Gasteiger partial charge >= 0.3 is 0 Å². The third kappa shape index (κ3) is 4.03. The first-order valence-electron chi connectivity index (χ1n) is 6.97. The highest BCUT2D eigenvalue weighted by Crippen LogP contribution is 2.29. The van der Waals surface area contributed by atoms with Gasteiger partial charge < -0.3 is 16.2 Å². The van der Waals surface area contributed by atoms with Gasteiger partial charge in [0.25, 0.3) is 0 Å². The van der Waals surface area contributed by atoms with Crippen molar-refractivity contribution in [3.8, 4) is 0 Å². The first kappa shape index (κ1) is 16.2. The molecule has 0 aliphatic carbocycles. The Bertz CT molecular complexity index is 410. The van der Waals surface area contributed by atoms with Crippen LogP contribution in [0.25, 0.3) is 0 Å². The molecule has 0 saturated carbocycles. The quantitative estimate of drug-likeness (QED) is 0.764. The van der Waals surface area contributed by atoms with E-state index in [4.69, 9.17) is 5.73 Å². The van der Waals surface area contributed by atoms with Crippen LogP contribution in [0.3, 0.4) is 0 Å². The maximum atomic E-state index is 10.5. The maximum Gasteiger partial charge on any atom is 0.0943 e. The van der Waals surface area contributed by atoms with E-state index >= 15 is 0 Å². The smallest absolute Gasteiger partial charge is 0.0943 e. The van der Waals surface area contributed by atoms with Gasteiger partial charge in [-0.15, -0.1) is 0 Å². The van der Waals surface area contributed by atoms with Crippen LogP contribution in [0.5, 0.6) is 0 Å². The molecule has 108 valence electrons.